The Labute approximate surface area is 177 Å². The topological polar surface area (TPSA) is 55.2 Å². The predicted molar refractivity (Wildman–Crippen MR) is 117 cm³/mol. The van der Waals surface area contributed by atoms with E-state index in [0.29, 0.717) is 18.5 Å². The Morgan fingerprint density at radius 3 is 2.40 bits per heavy atom. The lowest BCUT2D eigenvalue weighted by atomic mass is 9.75. The molecule has 3 aromatic rings. The van der Waals surface area contributed by atoms with Crippen LogP contribution in [0.5, 0.6) is 0 Å². The van der Waals surface area contributed by atoms with E-state index in [1.807, 2.05) is 73.3 Å². The Kier molecular flexibility index (Phi) is 5.06. The average molecular weight is 402 g/mol. The van der Waals surface area contributed by atoms with Crippen molar-refractivity contribution in [1.82, 2.24) is 14.7 Å². The van der Waals surface area contributed by atoms with Gasteiger partial charge in [0.2, 0.25) is 0 Å². The first kappa shape index (κ1) is 20.1. The highest BCUT2D eigenvalue weighted by Crippen LogP contribution is 2.36. The monoisotopic (exact) mass is 401 g/mol. The number of amides is 1. The molecule has 1 heterocycles. The molecular formula is C25H27N3O2. The first-order chi connectivity index (χ1) is 14.2. The number of nitrogens with zero attached hydrogens (tertiary/aromatic N) is 3. The number of aromatic nitrogens is 2. The summed E-state index contributed by atoms with van der Waals surface area (Å²) in [7, 11) is 1.81. The van der Waals surface area contributed by atoms with Gasteiger partial charge in [0.25, 0.3) is 5.91 Å². The summed E-state index contributed by atoms with van der Waals surface area (Å²) >= 11 is 0. The Balaban J connectivity index is 1.58. The molecule has 30 heavy (non-hydrogen) atoms. The first-order valence-electron chi connectivity index (χ1n) is 10.3. The van der Waals surface area contributed by atoms with Crippen LogP contribution in [0.4, 0.5) is 0 Å². The Hall–Kier alpha value is -3.21. The summed E-state index contributed by atoms with van der Waals surface area (Å²) < 4.78 is 1.87. The van der Waals surface area contributed by atoms with Crippen LogP contribution in [0.1, 0.15) is 57.9 Å². The van der Waals surface area contributed by atoms with Crippen LogP contribution in [0.2, 0.25) is 0 Å². The summed E-state index contributed by atoms with van der Waals surface area (Å²) in [6.45, 7) is 6.68. The van der Waals surface area contributed by atoms with Crippen molar-refractivity contribution in [3.8, 4) is 5.69 Å². The van der Waals surface area contributed by atoms with Crippen molar-refractivity contribution in [3.05, 3.63) is 82.7 Å². The van der Waals surface area contributed by atoms with Crippen molar-refractivity contribution in [1.29, 1.82) is 0 Å². The van der Waals surface area contributed by atoms with Crippen LogP contribution >= 0.6 is 0 Å². The zero-order chi connectivity index (χ0) is 21.5. The van der Waals surface area contributed by atoms with Gasteiger partial charge in [-0.1, -0.05) is 44.2 Å². The van der Waals surface area contributed by atoms with Gasteiger partial charge in [-0.2, -0.15) is 5.10 Å². The summed E-state index contributed by atoms with van der Waals surface area (Å²) in [5.41, 5.74) is 5.01. The van der Waals surface area contributed by atoms with E-state index in [0.717, 1.165) is 34.6 Å². The summed E-state index contributed by atoms with van der Waals surface area (Å²) in [5, 5.41) is 4.64. The molecule has 1 amide bonds. The lowest BCUT2D eigenvalue weighted by Crippen LogP contribution is -2.28. The highest BCUT2D eigenvalue weighted by Gasteiger charge is 2.35. The summed E-state index contributed by atoms with van der Waals surface area (Å²) in [5.74, 6) is 0.139. The van der Waals surface area contributed by atoms with Gasteiger partial charge in [0.05, 0.1) is 22.6 Å². The van der Waals surface area contributed by atoms with E-state index in [4.69, 9.17) is 0 Å². The normalized spacial score (nSPS) is 15.0. The molecular weight excluding hydrogens is 374 g/mol. The number of rotatable bonds is 4. The largest absolute Gasteiger partial charge is 0.337 e. The Morgan fingerprint density at radius 1 is 1.07 bits per heavy atom. The fourth-order valence-electron chi connectivity index (χ4n) is 4.25. The van der Waals surface area contributed by atoms with Crippen molar-refractivity contribution in [2.75, 3.05) is 7.05 Å². The zero-order valence-corrected chi connectivity index (χ0v) is 18.0. The number of ketones is 1. The fourth-order valence-corrected chi connectivity index (χ4v) is 4.25. The Bertz CT molecular complexity index is 1100. The van der Waals surface area contributed by atoms with Crippen LogP contribution in [-0.4, -0.2) is 33.4 Å². The van der Waals surface area contributed by atoms with E-state index in [-0.39, 0.29) is 17.1 Å². The third-order valence-electron chi connectivity index (χ3n) is 5.69. The van der Waals surface area contributed by atoms with Crippen molar-refractivity contribution in [3.63, 3.8) is 0 Å². The van der Waals surface area contributed by atoms with E-state index < -0.39 is 0 Å². The molecule has 0 radical (unpaired) electrons. The molecule has 1 aliphatic rings. The summed E-state index contributed by atoms with van der Waals surface area (Å²) in [6, 6.07) is 17.4. The summed E-state index contributed by atoms with van der Waals surface area (Å²) in [6.07, 6.45) is 1.35. The van der Waals surface area contributed by atoms with Crippen LogP contribution < -0.4 is 0 Å². The van der Waals surface area contributed by atoms with Crippen molar-refractivity contribution < 1.29 is 9.59 Å². The third kappa shape index (κ3) is 3.80. The molecule has 0 aliphatic heterocycles. The Morgan fingerprint density at radius 2 is 1.73 bits per heavy atom. The smallest absolute Gasteiger partial charge is 0.253 e. The number of fused-ring (bicyclic) bond motifs is 1. The number of aryl methyl sites for hydroxylation is 1. The number of hydrogen-bond acceptors (Lipinski definition) is 3. The van der Waals surface area contributed by atoms with Gasteiger partial charge in [-0.15, -0.1) is 0 Å². The van der Waals surface area contributed by atoms with Gasteiger partial charge in [-0.25, -0.2) is 4.68 Å². The zero-order valence-electron chi connectivity index (χ0n) is 18.0. The maximum atomic E-state index is 12.8. The fraction of sp³-hybridized carbons (Fsp3) is 0.320. The van der Waals surface area contributed by atoms with Crippen molar-refractivity contribution in [2.45, 2.75) is 40.2 Å². The van der Waals surface area contributed by atoms with Crippen LogP contribution in [0.3, 0.4) is 0 Å². The van der Waals surface area contributed by atoms with Gasteiger partial charge < -0.3 is 4.90 Å². The molecule has 2 aromatic carbocycles. The molecule has 0 N–H and O–H groups in total. The molecule has 5 heteroatoms. The molecule has 4 rings (SSSR count). The van der Waals surface area contributed by atoms with E-state index in [9.17, 15) is 9.59 Å². The molecule has 154 valence electrons. The standard InChI is InChI=1S/C25H27N3O2/c1-17-23-21(14-25(2,3)15-22(23)29)28(26-17)20-12-10-19(11-13-20)24(30)27(4)16-18-8-6-5-7-9-18/h5-13H,14-16H2,1-4H3. The molecule has 1 aromatic heterocycles. The van der Waals surface area contributed by atoms with E-state index in [1.54, 1.807) is 4.90 Å². The van der Waals surface area contributed by atoms with E-state index >= 15 is 0 Å². The number of benzene rings is 2. The van der Waals surface area contributed by atoms with Crippen molar-refractivity contribution >= 4 is 11.7 Å². The number of hydrogen-bond donors (Lipinski definition) is 0. The highest BCUT2D eigenvalue weighted by atomic mass is 16.2. The van der Waals surface area contributed by atoms with Crippen LogP contribution in [-0.2, 0) is 13.0 Å². The number of carbonyl (C=O) groups excluding carboxylic acids is 2. The molecule has 5 nitrogen and oxygen atoms in total. The SMILES string of the molecule is Cc1nn(-c2ccc(C(=O)N(C)Cc3ccccc3)cc2)c2c1C(=O)CC(C)(C)C2. The molecule has 0 bridgehead atoms. The highest BCUT2D eigenvalue weighted by molar-refractivity contribution is 6.00. The first-order valence-corrected chi connectivity index (χ1v) is 10.3. The van der Waals surface area contributed by atoms with Gasteiger partial charge in [0.15, 0.2) is 5.78 Å². The third-order valence-corrected chi connectivity index (χ3v) is 5.69. The van der Waals surface area contributed by atoms with Gasteiger partial charge in [-0.3, -0.25) is 9.59 Å². The molecule has 0 unspecified atom stereocenters. The van der Waals surface area contributed by atoms with Crippen LogP contribution in [0.15, 0.2) is 54.6 Å². The number of carbonyl (C=O) groups is 2. The minimum atomic E-state index is -0.0790. The number of Topliss-reactive ketones (excluding diaryl/α,β-unsaturated/α-hetero) is 1. The summed E-state index contributed by atoms with van der Waals surface area (Å²) in [4.78, 5) is 27.2. The van der Waals surface area contributed by atoms with Gasteiger partial charge >= 0.3 is 0 Å². The second-order valence-corrected chi connectivity index (χ2v) is 8.95. The molecule has 1 aliphatic carbocycles. The minimum Gasteiger partial charge on any atom is -0.337 e. The van der Waals surface area contributed by atoms with E-state index in [1.165, 1.54) is 0 Å². The van der Waals surface area contributed by atoms with Crippen LogP contribution in [0.25, 0.3) is 5.69 Å². The molecule has 0 atom stereocenters. The average Bonchev–Trinajstić information content (AvgIpc) is 3.03. The second-order valence-electron chi connectivity index (χ2n) is 8.95. The molecule has 0 saturated heterocycles. The minimum absolute atomic E-state index is 0.0274. The van der Waals surface area contributed by atoms with Crippen LogP contribution in [0, 0.1) is 12.3 Å². The second kappa shape index (κ2) is 7.56. The van der Waals surface area contributed by atoms with Crippen molar-refractivity contribution in [2.24, 2.45) is 5.41 Å². The predicted octanol–water partition coefficient (Wildman–Crippen LogP) is 4.61. The maximum Gasteiger partial charge on any atom is 0.253 e. The van der Waals surface area contributed by atoms with E-state index in [2.05, 4.69) is 18.9 Å². The quantitative estimate of drug-likeness (QED) is 0.642. The van der Waals surface area contributed by atoms with Gasteiger partial charge in [0, 0.05) is 25.6 Å². The molecule has 0 spiro atoms. The van der Waals surface area contributed by atoms with Gasteiger partial charge in [0.1, 0.15) is 0 Å². The molecule has 0 saturated carbocycles. The lowest BCUT2D eigenvalue weighted by Gasteiger charge is -2.29. The van der Waals surface area contributed by atoms with Gasteiger partial charge in [-0.05, 0) is 48.6 Å². The maximum absolute atomic E-state index is 12.8. The molecule has 0 fully saturated rings. The lowest BCUT2D eigenvalue weighted by molar-refractivity contribution is 0.0784.